The fourth-order valence-corrected chi connectivity index (χ4v) is 1.42. The Balaban J connectivity index is 3.07. The molecule has 0 spiro atoms. The summed E-state index contributed by atoms with van der Waals surface area (Å²) in [6.07, 6.45) is 0. The van der Waals surface area contributed by atoms with Crippen LogP contribution in [0.5, 0.6) is 5.75 Å². The summed E-state index contributed by atoms with van der Waals surface area (Å²) in [5, 5.41) is 17.2. The summed E-state index contributed by atoms with van der Waals surface area (Å²) in [4.78, 5) is 11.6. The van der Waals surface area contributed by atoms with Gasteiger partial charge in [-0.25, -0.2) is 4.79 Å². The highest BCUT2D eigenvalue weighted by molar-refractivity contribution is 6.19. The summed E-state index contributed by atoms with van der Waals surface area (Å²) >= 11 is 5.49. The van der Waals surface area contributed by atoms with Gasteiger partial charge in [-0.05, 0) is 19.1 Å². The SMILES string of the molecule is CCOC(=O)/C(N=Nc1ccccc1OC)=C(/O)CCl. The topological polar surface area (TPSA) is 80.5 Å². The second kappa shape index (κ2) is 8.16. The van der Waals surface area contributed by atoms with Gasteiger partial charge in [0.15, 0.2) is 0 Å². The lowest BCUT2D eigenvalue weighted by molar-refractivity contribution is -0.138. The van der Waals surface area contributed by atoms with E-state index in [1.54, 1.807) is 31.2 Å². The third-order valence-electron chi connectivity index (χ3n) is 2.21. The van der Waals surface area contributed by atoms with Gasteiger partial charge >= 0.3 is 5.97 Å². The van der Waals surface area contributed by atoms with Crippen molar-refractivity contribution in [1.29, 1.82) is 0 Å². The van der Waals surface area contributed by atoms with Gasteiger partial charge in [0, 0.05) is 0 Å². The van der Waals surface area contributed by atoms with Crippen LogP contribution in [-0.2, 0) is 9.53 Å². The summed E-state index contributed by atoms with van der Waals surface area (Å²) in [6.45, 7) is 1.80. The van der Waals surface area contributed by atoms with Crippen LogP contribution in [0.1, 0.15) is 6.92 Å². The summed E-state index contributed by atoms with van der Waals surface area (Å²) in [6, 6.07) is 6.87. The predicted molar refractivity (Wildman–Crippen MR) is 74.5 cm³/mol. The van der Waals surface area contributed by atoms with Crippen molar-refractivity contribution in [3.63, 3.8) is 0 Å². The normalized spacial score (nSPS) is 12.2. The molecule has 108 valence electrons. The molecule has 0 fully saturated rings. The number of esters is 1. The molecule has 0 aliphatic rings. The number of carbonyl (C=O) groups excluding carboxylic acids is 1. The van der Waals surface area contributed by atoms with Crippen molar-refractivity contribution in [1.82, 2.24) is 0 Å². The standard InChI is InChI=1S/C13H15ClN2O4/c1-3-20-13(18)12(10(17)8-14)16-15-9-6-4-5-7-11(9)19-2/h4-7,17H,3,8H2,1-2H3/b12-10-,16-15?. The van der Waals surface area contributed by atoms with E-state index in [-0.39, 0.29) is 18.2 Å². The number of hydrogen-bond donors (Lipinski definition) is 1. The lowest BCUT2D eigenvalue weighted by Crippen LogP contribution is -2.09. The Morgan fingerprint density at radius 2 is 2.10 bits per heavy atom. The number of hydrogen-bond acceptors (Lipinski definition) is 6. The number of methoxy groups -OCH3 is 1. The molecule has 6 nitrogen and oxygen atoms in total. The van der Waals surface area contributed by atoms with Crippen LogP contribution in [-0.4, -0.2) is 30.7 Å². The van der Waals surface area contributed by atoms with Crippen LogP contribution in [0.15, 0.2) is 46.0 Å². The molecule has 0 unspecified atom stereocenters. The van der Waals surface area contributed by atoms with Crippen LogP contribution in [0.2, 0.25) is 0 Å². The first-order chi connectivity index (χ1) is 9.63. The van der Waals surface area contributed by atoms with Crippen molar-refractivity contribution < 1.29 is 19.4 Å². The minimum atomic E-state index is -0.788. The van der Waals surface area contributed by atoms with Gasteiger partial charge in [0.1, 0.15) is 17.2 Å². The van der Waals surface area contributed by atoms with Crippen molar-refractivity contribution in [2.75, 3.05) is 19.6 Å². The Hall–Kier alpha value is -2.08. The lowest BCUT2D eigenvalue weighted by Gasteiger charge is -2.04. The largest absolute Gasteiger partial charge is 0.508 e. The first-order valence-corrected chi connectivity index (χ1v) is 6.37. The maximum atomic E-state index is 11.6. The van der Waals surface area contributed by atoms with Crippen LogP contribution in [0.25, 0.3) is 0 Å². The predicted octanol–water partition coefficient (Wildman–Crippen LogP) is 3.35. The van der Waals surface area contributed by atoms with Crippen molar-refractivity contribution >= 4 is 23.3 Å². The van der Waals surface area contributed by atoms with E-state index < -0.39 is 11.7 Å². The Morgan fingerprint density at radius 1 is 1.40 bits per heavy atom. The maximum Gasteiger partial charge on any atom is 0.362 e. The number of nitrogens with zero attached hydrogens (tertiary/aromatic N) is 2. The smallest absolute Gasteiger partial charge is 0.362 e. The number of ether oxygens (including phenoxy) is 2. The minimum Gasteiger partial charge on any atom is -0.508 e. The zero-order valence-corrected chi connectivity index (χ0v) is 11.9. The Kier molecular flexibility index (Phi) is 6.52. The van der Waals surface area contributed by atoms with Crippen molar-refractivity contribution in [3.05, 3.63) is 35.7 Å². The molecule has 0 aliphatic heterocycles. The van der Waals surface area contributed by atoms with Gasteiger partial charge in [-0.3, -0.25) is 0 Å². The van der Waals surface area contributed by atoms with Crippen LogP contribution in [0.4, 0.5) is 5.69 Å². The molecule has 1 rings (SSSR count). The highest BCUT2D eigenvalue weighted by atomic mass is 35.5. The van der Waals surface area contributed by atoms with Crippen molar-refractivity contribution in [2.24, 2.45) is 10.2 Å². The third-order valence-corrected chi connectivity index (χ3v) is 2.46. The van der Waals surface area contributed by atoms with Gasteiger partial charge in [0.25, 0.3) is 0 Å². The first kappa shape index (κ1) is 16.0. The second-order valence-corrected chi connectivity index (χ2v) is 3.79. The lowest BCUT2D eigenvalue weighted by atomic mass is 10.3. The third kappa shape index (κ3) is 4.24. The number of azo groups is 1. The summed E-state index contributed by atoms with van der Waals surface area (Å²) < 4.78 is 9.87. The van der Waals surface area contributed by atoms with Crippen molar-refractivity contribution in [3.8, 4) is 5.75 Å². The van der Waals surface area contributed by atoms with Crippen LogP contribution in [0.3, 0.4) is 0 Å². The fourth-order valence-electron chi connectivity index (χ4n) is 1.30. The van der Waals surface area contributed by atoms with Gasteiger partial charge in [-0.2, -0.15) is 0 Å². The average molecular weight is 299 g/mol. The monoisotopic (exact) mass is 298 g/mol. The Morgan fingerprint density at radius 3 is 2.70 bits per heavy atom. The van der Waals surface area contributed by atoms with E-state index in [9.17, 15) is 9.90 Å². The van der Waals surface area contributed by atoms with Gasteiger partial charge in [-0.15, -0.1) is 21.8 Å². The molecule has 1 N–H and O–H groups in total. The zero-order valence-electron chi connectivity index (χ0n) is 11.2. The highest BCUT2D eigenvalue weighted by Crippen LogP contribution is 2.27. The molecule has 7 heteroatoms. The van der Waals surface area contributed by atoms with E-state index >= 15 is 0 Å². The molecule has 0 saturated carbocycles. The molecule has 0 aromatic heterocycles. The highest BCUT2D eigenvalue weighted by Gasteiger charge is 2.16. The zero-order chi connectivity index (χ0) is 15.0. The molecule has 0 atom stereocenters. The van der Waals surface area contributed by atoms with Gasteiger partial charge < -0.3 is 14.6 Å². The summed E-state index contributed by atoms with van der Waals surface area (Å²) in [7, 11) is 1.49. The molecule has 1 aromatic carbocycles. The van der Waals surface area contributed by atoms with E-state index in [4.69, 9.17) is 21.1 Å². The van der Waals surface area contributed by atoms with Crippen LogP contribution in [0, 0.1) is 0 Å². The van der Waals surface area contributed by atoms with E-state index in [1.165, 1.54) is 7.11 Å². The molecule has 0 aliphatic carbocycles. The fraction of sp³-hybridized carbons (Fsp3) is 0.308. The number of carbonyl (C=O) groups is 1. The molecule has 0 heterocycles. The van der Waals surface area contributed by atoms with Gasteiger partial charge in [0.05, 0.1) is 19.6 Å². The second-order valence-electron chi connectivity index (χ2n) is 3.52. The number of aliphatic hydroxyl groups excluding tert-OH is 1. The number of aliphatic hydroxyl groups is 1. The van der Waals surface area contributed by atoms with Gasteiger partial charge in [0.2, 0.25) is 5.70 Å². The van der Waals surface area contributed by atoms with Crippen LogP contribution < -0.4 is 4.74 Å². The number of halogens is 1. The minimum absolute atomic E-state index is 0.155. The molecule has 0 amide bonds. The molecule has 0 saturated heterocycles. The average Bonchev–Trinajstić information content (AvgIpc) is 2.47. The summed E-state index contributed by atoms with van der Waals surface area (Å²) in [5.74, 6) is -0.961. The van der Waals surface area contributed by atoms with Crippen molar-refractivity contribution in [2.45, 2.75) is 6.92 Å². The number of rotatable bonds is 6. The molecular weight excluding hydrogens is 284 g/mol. The Bertz CT molecular complexity index is 529. The number of benzene rings is 1. The van der Waals surface area contributed by atoms with E-state index in [2.05, 4.69) is 10.2 Å². The quantitative estimate of drug-likeness (QED) is 0.287. The molecule has 0 radical (unpaired) electrons. The van der Waals surface area contributed by atoms with Crippen LogP contribution >= 0.6 is 11.6 Å². The first-order valence-electron chi connectivity index (χ1n) is 5.84. The van der Waals surface area contributed by atoms with E-state index in [1.807, 2.05) is 0 Å². The number of allylic oxidation sites excluding steroid dienone is 1. The maximum absolute atomic E-state index is 11.6. The van der Waals surface area contributed by atoms with E-state index in [0.29, 0.717) is 11.4 Å². The molecular formula is C13H15ClN2O4. The molecule has 20 heavy (non-hydrogen) atoms. The molecule has 0 bridgehead atoms. The molecule has 1 aromatic rings. The Labute approximate surface area is 121 Å². The summed E-state index contributed by atoms with van der Waals surface area (Å²) in [5.41, 5.74) is 0.0897. The number of alkyl halides is 1. The van der Waals surface area contributed by atoms with Gasteiger partial charge in [-0.1, -0.05) is 12.1 Å². The number of para-hydroxylation sites is 1. The van der Waals surface area contributed by atoms with E-state index in [0.717, 1.165) is 0 Å².